The van der Waals surface area contributed by atoms with Crippen LogP contribution in [0.1, 0.15) is 64.2 Å². The van der Waals surface area contributed by atoms with Gasteiger partial charge >= 0.3 is 7.60 Å². The molecule has 0 aromatic rings. The van der Waals surface area contributed by atoms with Crippen molar-refractivity contribution in [3.63, 3.8) is 0 Å². The van der Waals surface area contributed by atoms with E-state index in [-0.39, 0.29) is 24.2 Å². The first kappa shape index (κ1) is 15.5. The van der Waals surface area contributed by atoms with Crippen molar-refractivity contribution in [2.75, 3.05) is 0 Å². The van der Waals surface area contributed by atoms with Crippen molar-refractivity contribution in [2.45, 2.75) is 76.0 Å². The maximum Gasteiger partial charge on any atom is 0.331 e. The molecule has 0 aromatic carbocycles. The van der Waals surface area contributed by atoms with Crippen LogP contribution in [0, 0.1) is 0 Å². The second kappa shape index (κ2) is 7.13. The lowest BCUT2D eigenvalue weighted by atomic mass is 9.98. The van der Waals surface area contributed by atoms with E-state index in [0.717, 1.165) is 51.4 Å². The van der Waals surface area contributed by atoms with Gasteiger partial charge in [-0.2, -0.15) is 0 Å². The van der Waals surface area contributed by atoms with Crippen molar-refractivity contribution in [3.8, 4) is 0 Å². The summed E-state index contributed by atoms with van der Waals surface area (Å²) in [6.07, 6.45) is 10.7. The van der Waals surface area contributed by atoms with Gasteiger partial charge in [0.15, 0.2) is 0 Å². The third-order valence-electron chi connectivity index (χ3n) is 3.89. The van der Waals surface area contributed by atoms with Gasteiger partial charge in [-0.15, -0.1) is 12.4 Å². The van der Waals surface area contributed by atoms with Crippen LogP contribution in [0.2, 0.25) is 0 Å². The molecule has 0 amide bonds. The predicted octanol–water partition coefficient (Wildman–Crippen LogP) is 4.28. The Kier molecular flexibility index (Phi) is 6.50. The van der Waals surface area contributed by atoms with Crippen molar-refractivity contribution in [1.29, 1.82) is 0 Å². The molecule has 0 saturated heterocycles. The fourth-order valence-electron chi connectivity index (χ4n) is 2.88. The quantitative estimate of drug-likeness (QED) is 0.786. The first-order valence-corrected chi connectivity index (χ1v) is 8.34. The van der Waals surface area contributed by atoms with E-state index in [1.807, 2.05) is 0 Å². The fourth-order valence-corrected chi connectivity index (χ4v) is 4.71. The average molecular weight is 283 g/mol. The summed E-state index contributed by atoms with van der Waals surface area (Å²) in [4.78, 5) is 10.0. The minimum Gasteiger partial charge on any atom is -0.324 e. The Morgan fingerprint density at radius 3 is 1.88 bits per heavy atom. The highest BCUT2D eigenvalue weighted by Gasteiger charge is 2.35. The van der Waals surface area contributed by atoms with Crippen molar-refractivity contribution >= 4 is 20.0 Å². The number of hydrogen-bond acceptors (Lipinski definition) is 2. The molecule has 0 radical (unpaired) electrons. The molecule has 2 aliphatic rings. The molecule has 2 rings (SSSR count). The molecule has 5 heteroatoms. The highest BCUT2D eigenvalue weighted by atomic mass is 35.5. The molecule has 1 unspecified atom stereocenters. The first-order valence-electron chi connectivity index (χ1n) is 6.69. The van der Waals surface area contributed by atoms with Gasteiger partial charge in [-0.05, 0) is 25.7 Å². The lowest BCUT2D eigenvalue weighted by Gasteiger charge is -2.30. The van der Waals surface area contributed by atoms with Gasteiger partial charge in [-0.3, -0.25) is 4.57 Å². The first-order chi connectivity index (χ1) is 7.68. The van der Waals surface area contributed by atoms with Gasteiger partial charge in [0.2, 0.25) is 0 Å². The van der Waals surface area contributed by atoms with Gasteiger partial charge in [-0.25, -0.2) is 0 Å². The second-order valence-electron chi connectivity index (χ2n) is 5.22. The van der Waals surface area contributed by atoms with Gasteiger partial charge in [0, 0.05) is 0 Å². The van der Waals surface area contributed by atoms with Crippen LogP contribution in [0.15, 0.2) is 0 Å². The third-order valence-corrected chi connectivity index (χ3v) is 5.93. The van der Waals surface area contributed by atoms with E-state index in [1.54, 1.807) is 0 Å². The molecule has 0 spiro atoms. The number of halogens is 1. The van der Waals surface area contributed by atoms with Crippen molar-refractivity contribution in [2.24, 2.45) is 0 Å². The molecule has 1 N–H and O–H groups in total. The zero-order valence-electron chi connectivity index (χ0n) is 10.3. The van der Waals surface area contributed by atoms with E-state index in [2.05, 4.69) is 0 Å². The minimum atomic E-state index is -3.34. The molecule has 3 nitrogen and oxygen atoms in total. The monoisotopic (exact) mass is 282 g/mol. The van der Waals surface area contributed by atoms with Crippen LogP contribution in [0.5, 0.6) is 0 Å². The van der Waals surface area contributed by atoms with Crippen molar-refractivity contribution < 1.29 is 14.0 Å². The maximum absolute atomic E-state index is 12.2. The van der Waals surface area contributed by atoms with Gasteiger partial charge in [0.1, 0.15) is 0 Å². The molecule has 0 aromatic heterocycles. The molecular formula is C12H24ClO3P. The largest absolute Gasteiger partial charge is 0.331 e. The summed E-state index contributed by atoms with van der Waals surface area (Å²) in [7, 11) is -3.34. The van der Waals surface area contributed by atoms with Gasteiger partial charge < -0.3 is 9.42 Å². The molecule has 1 atom stereocenters. The van der Waals surface area contributed by atoms with E-state index < -0.39 is 7.60 Å². The van der Waals surface area contributed by atoms with Gasteiger partial charge in [0.25, 0.3) is 0 Å². The Labute approximate surface area is 110 Å². The Morgan fingerprint density at radius 1 is 0.882 bits per heavy atom. The summed E-state index contributed by atoms with van der Waals surface area (Å²) >= 11 is 0. The zero-order chi connectivity index (χ0) is 11.4. The van der Waals surface area contributed by atoms with Gasteiger partial charge in [-0.1, -0.05) is 38.5 Å². The van der Waals surface area contributed by atoms with E-state index in [1.165, 1.54) is 12.8 Å². The number of hydrogen-bond donors (Lipinski definition) is 1. The SMILES string of the molecule is Cl.O=P(O)(OC1CCCCC1)C1CCCCC1. The highest BCUT2D eigenvalue weighted by molar-refractivity contribution is 7.53. The van der Waals surface area contributed by atoms with Gasteiger partial charge in [0.05, 0.1) is 11.8 Å². The molecule has 102 valence electrons. The summed E-state index contributed by atoms with van der Waals surface area (Å²) in [6.45, 7) is 0. The zero-order valence-corrected chi connectivity index (χ0v) is 12.1. The van der Waals surface area contributed by atoms with Crippen LogP contribution in [-0.4, -0.2) is 16.7 Å². The summed E-state index contributed by atoms with van der Waals surface area (Å²) < 4.78 is 17.7. The van der Waals surface area contributed by atoms with Crippen LogP contribution in [0.25, 0.3) is 0 Å². The van der Waals surface area contributed by atoms with Crippen molar-refractivity contribution in [3.05, 3.63) is 0 Å². The minimum absolute atomic E-state index is 0. The Bertz CT molecular complexity index is 260. The summed E-state index contributed by atoms with van der Waals surface area (Å²) in [5.74, 6) is 0. The fraction of sp³-hybridized carbons (Fsp3) is 1.00. The molecule has 0 heterocycles. The standard InChI is InChI=1S/C12H23O3P.ClH/c13-16(14,12-9-5-2-6-10-12)15-11-7-3-1-4-8-11;/h11-12H,1-10H2,(H,13,14);1H. The Hall–Kier alpha value is 0.440. The average Bonchev–Trinajstić information content (AvgIpc) is 2.31. The van der Waals surface area contributed by atoms with Crippen LogP contribution >= 0.6 is 20.0 Å². The van der Waals surface area contributed by atoms with E-state index in [4.69, 9.17) is 4.52 Å². The molecule has 0 aliphatic heterocycles. The lowest BCUT2D eigenvalue weighted by Crippen LogP contribution is -2.21. The maximum atomic E-state index is 12.2. The molecular weight excluding hydrogens is 259 g/mol. The normalized spacial score (nSPS) is 27.1. The van der Waals surface area contributed by atoms with E-state index in [0.29, 0.717) is 0 Å². The smallest absolute Gasteiger partial charge is 0.324 e. The topological polar surface area (TPSA) is 46.5 Å². The Morgan fingerprint density at radius 2 is 1.35 bits per heavy atom. The van der Waals surface area contributed by atoms with Crippen molar-refractivity contribution in [1.82, 2.24) is 0 Å². The predicted molar refractivity (Wildman–Crippen MR) is 71.9 cm³/mol. The summed E-state index contributed by atoms with van der Waals surface area (Å²) in [5, 5.41) is 0. The number of rotatable bonds is 3. The highest BCUT2D eigenvalue weighted by Crippen LogP contribution is 2.54. The molecule has 17 heavy (non-hydrogen) atoms. The van der Waals surface area contributed by atoms with E-state index in [9.17, 15) is 9.46 Å². The molecule has 2 fully saturated rings. The van der Waals surface area contributed by atoms with Crippen LogP contribution in [0.4, 0.5) is 0 Å². The molecule has 2 aliphatic carbocycles. The second-order valence-corrected chi connectivity index (χ2v) is 7.29. The van der Waals surface area contributed by atoms with Crippen LogP contribution in [0.3, 0.4) is 0 Å². The Balaban J connectivity index is 0.00000144. The third kappa shape index (κ3) is 4.55. The molecule has 0 bridgehead atoms. The van der Waals surface area contributed by atoms with Crippen LogP contribution in [-0.2, 0) is 9.09 Å². The van der Waals surface area contributed by atoms with E-state index >= 15 is 0 Å². The molecule has 2 saturated carbocycles. The summed E-state index contributed by atoms with van der Waals surface area (Å²) in [5.41, 5.74) is -0.0804. The summed E-state index contributed by atoms with van der Waals surface area (Å²) in [6, 6.07) is 0. The van der Waals surface area contributed by atoms with Crippen LogP contribution < -0.4 is 0 Å². The lowest BCUT2D eigenvalue weighted by molar-refractivity contribution is 0.129.